The van der Waals surface area contributed by atoms with Gasteiger partial charge in [-0.15, -0.1) is 0 Å². The van der Waals surface area contributed by atoms with Crippen LogP contribution in [-0.2, 0) is 9.47 Å². The Balaban J connectivity index is 2.80. The fourth-order valence-electron chi connectivity index (χ4n) is 0.520. The van der Waals surface area contributed by atoms with E-state index in [1.54, 1.807) is 0 Å². The molecule has 0 aliphatic heterocycles. The lowest BCUT2D eigenvalue weighted by Gasteiger charge is -2.04. The van der Waals surface area contributed by atoms with E-state index in [-0.39, 0.29) is 13.2 Å². The SMILES string of the molecule is CC(F)COCCOCCF. The Bertz CT molecular complexity index is 78.8. The first kappa shape index (κ1) is 10.8. The topological polar surface area (TPSA) is 18.5 Å². The van der Waals surface area contributed by atoms with Crippen molar-refractivity contribution in [1.82, 2.24) is 0 Å². The van der Waals surface area contributed by atoms with Crippen molar-refractivity contribution in [2.45, 2.75) is 13.1 Å². The summed E-state index contributed by atoms with van der Waals surface area (Å²) in [6.07, 6.45) is -0.948. The lowest BCUT2D eigenvalue weighted by Crippen LogP contribution is -2.11. The van der Waals surface area contributed by atoms with E-state index >= 15 is 0 Å². The number of hydrogen-bond acceptors (Lipinski definition) is 2. The van der Waals surface area contributed by atoms with Crippen LogP contribution in [0.5, 0.6) is 0 Å². The number of rotatable bonds is 7. The summed E-state index contributed by atoms with van der Waals surface area (Å²) in [6, 6.07) is 0. The Labute approximate surface area is 65.5 Å². The lowest BCUT2D eigenvalue weighted by atomic mass is 10.5. The van der Waals surface area contributed by atoms with Crippen molar-refractivity contribution in [3.05, 3.63) is 0 Å². The second-order valence-electron chi connectivity index (χ2n) is 2.16. The largest absolute Gasteiger partial charge is 0.376 e. The third-order valence-electron chi connectivity index (χ3n) is 0.941. The van der Waals surface area contributed by atoms with E-state index in [0.717, 1.165) is 0 Å². The van der Waals surface area contributed by atoms with E-state index in [0.29, 0.717) is 13.2 Å². The molecule has 0 heterocycles. The van der Waals surface area contributed by atoms with Crippen LogP contribution < -0.4 is 0 Å². The summed E-state index contributed by atoms with van der Waals surface area (Å²) in [5.41, 5.74) is 0. The molecule has 1 unspecified atom stereocenters. The molecule has 0 bridgehead atoms. The summed E-state index contributed by atoms with van der Waals surface area (Å²) in [6.45, 7) is 1.76. The van der Waals surface area contributed by atoms with Gasteiger partial charge in [0.2, 0.25) is 0 Å². The first-order valence-electron chi connectivity index (χ1n) is 3.63. The zero-order valence-electron chi connectivity index (χ0n) is 6.69. The molecule has 0 fully saturated rings. The highest BCUT2D eigenvalue weighted by Crippen LogP contribution is 1.88. The number of alkyl halides is 2. The van der Waals surface area contributed by atoms with Gasteiger partial charge in [-0.1, -0.05) is 0 Å². The molecule has 2 nitrogen and oxygen atoms in total. The average Bonchev–Trinajstić information content (AvgIpc) is 1.96. The molecule has 0 saturated carbocycles. The Hall–Kier alpha value is -0.220. The van der Waals surface area contributed by atoms with E-state index in [1.165, 1.54) is 6.92 Å². The van der Waals surface area contributed by atoms with E-state index in [4.69, 9.17) is 9.47 Å². The molecular formula is C7H14F2O2. The molecule has 4 heteroatoms. The van der Waals surface area contributed by atoms with Crippen molar-refractivity contribution >= 4 is 0 Å². The predicted octanol–water partition coefficient (Wildman–Crippen LogP) is 1.35. The summed E-state index contributed by atoms with van der Waals surface area (Å²) in [4.78, 5) is 0. The molecule has 68 valence electrons. The van der Waals surface area contributed by atoms with Crippen molar-refractivity contribution < 1.29 is 18.3 Å². The van der Waals surface area contributed by atoms with Gasteiger partial charge < -0.3 is 9.47 Å². The zero-order chi connectivity index (χ0) is 8.53. The predicted molar refractivity (Wildman–Crippen MR) is 38.2 cm³/mol. The first-order valence-corrected chi connectivity index (χ1v) is 3.63. The van der Waals surface area contributed by atoms with E-state index in [1.807, 2.05) is 0 Å². The summed E-state index contributed by atoms with van der Waals surface area (Å²) in [5, 5.41) is 0. The smallest absolute Gasteiger partial charge is 0.121 e. The van der Waals surface area contributed by atoms with Crippen molar-refractivity contribution in [2.75, 3.05) is 33.1 Å². The molecule has 0 aliphatic carbocycles. The minimum absolute atomic E-state index is 0.0823. The van der Waals surface area contributed by atoms with Crippen molar-refractivity contribution in [2.24, 2.45) is 0 Å². The van der Waals surface area contributed by atoms with Gasteiger partial charge in [0.05, 0.1) is 26.4 Å². The highest BCUT2D eigenvalue weighted by molar-refractivity contribution is 4.41. The molecule has 0 rings (SSSR count). The Morgan fingerprint density at radius 1 is 1.18 bits per heavy atom. The second kappa shape index (κ2) is 7.88. The van der Waals surface area contributed by atoms with Gasteiger partial charge in [-0.05, 0) is 6.92 Å². The fourth-order valence-corrected chi connectivity index (χ4v) is 0.520. The van der Waals surface area contributed by atoms with Crippen LogP contribution in [0.4, 0.5) is 8.78 Å². The number of hydrogen-bond donors (Lipinski definition) is 0. The molecule has 0 radical (unpaired) electrons. The Kier molecular flexibility index (Phi) is 7.72. The molecule has 11 heavy (non-hydrogen) atoms. The highest BCUT2D eigenvalue weighted by Gasteiger charge is 1.96. The van der Waals surface area contributed by atoms with Gasteiger partial charge in [0, 0.05) is 0 Å². The molecule has 0 saturated heterocycles. The van der Waals surface area contributed by atoms with Crippen LogP contribution in [0, 0.1) is 0 Å². The van der Waals surface area contributed by atoms with Crippen LogP contribution >= 0.6 is 0 Å². The van der Waals surface area contributed by atoms with E-state index < -0.39 is 12.8 Å². The second-order valence-corrected chi connectivity index (χ2v) is 2.16. The highest BCUT2D eigenvalue weighted by atomic mass is 19.1. The summed E-state index contributed by atoms with van der Waals surface area (Å²) in [7, 11) is 0. The van der Waals surface area contributed by atoms with Crippen LogP contribution in [0.3, 0.4) is 0 Å². The maximum absolute atomic E-state index is 12.1. The van der Waals surface area contributed by atoms with Gasteiger partial charge in [-0.25, -0.2) is 8.78 Å². The molecule has 1 atom stereocenters. The molecule has 0 aromatic carbocycles. The van der Waals surface area contributed by atoms with Crippen LogP contribution in [-0.4, -0.2) is 39.3 Å². The molecule has 0 aromatic heterocycles. The molecule has 0 spiro atoms. The van der Waals surface area contributed by atoms with E-state index in [9.17, 15) is 8.78 Å². The minimum atomic E-state index is -0.948. The van der Waals surface area contributed by atoms with Gasteiger partial charge in [-0.3, -0.25) is 0 Å². The standard InChI is InChI=1S/C7H14F2O2/c1-7(9)6-11-5-4-10-3-2-8/h7H,2-6H2,1H3. The molecule has 0 N–H and O–H groups in total. The third-order valence-corrected chi connectivity index (χ3v) is 0.941. The summed E-state index contributed by atoms with van der Waals surface area (Å²) in [5.74, 6) is 0. The van der Waals surface area contributed by atoms with Gasteiger partial charge in [0.15, 0.2) is 0 Å². The van der Waals surface area contributed by atoms with Crippen LogP contribution in [0.25, 0.3) is 0 Å². The van der Waals surface area contributed by atoms with Crippen molar-refractivity contribution in [3.63, 3.8) is 0 Å². The van der Waals surface area contributed by atoms with Gasteiger partial charge in [-0.2, -0.15) is 0 Å². The van der Waals surface area contributed by atoms with Gasteiger partial charge >= 0.3 is 0 Å². The average molecular weight is 168 g/mol. The van der Waals surface area contributed by atoms with Gasteiger partial charge in [0.25, 0.3) is 0 Å². The monoisotopic (exact) mass is 168 g/mol. The fraction of sp³-hybridized carbons (Fsp3) is 1.00. The molecule has 0 aliphatic rings. The van der Waals surface area contributed by atoms with Crippen LogP contribution in [0.15, 0.2) is 0 Å². The van der Waals surface area contributed by atoms with Crippen LogP contribution in [0.1, 0.15) is 6.92 Å². The third kappa shape index (κ3) is 9.78. The zero-order valence-corrected chi connectivity index (χ0v) is 6.69. The van der Waals surface area contributed by atoms with Crippen LogP contribution in [0.2, 0.25) is 0 Å². The Morgan fingerprint density at radius 2 is 1.82 bits per heavy atom. The summed E-state index contributed by atoms with van der Waals surface area (Å²) >= 11 is 0. The minimum Gasteiger partial charge on any atom is -0.376 e. The normalized spacial score (nSPS) is 13.4. The van der Waals surface area contributed by atoms with Crippen molar-refractivity contribution in [1.29, 1.82) is 0 Å². The number of ether oxygens (including phenoxy) is 2. The quantitative estimate of drug-likeness (QED) is 0.534. The van der Waals surface area contributed by atoms with E-state index in [2.05, 4.69) is 0 Å². The maximum atomic E-state index is 12.1. The number of halogens is 2. The Morgan fingerprint density at radius 3 is 2.36 bits per heavy atom. The molecule has 0 amide bonds. The summed E-state index contributed by atoms with van der Waals surface area (Å²) < 4.78 is 33.0. The first-order chi connectivity index (χ1) is 5.27. The molecule has 0 aromatic rings. The van der Waals surface area contributed by atoms with Crippen molar-refractivity contribution in [3.8, 4) is 0 Å². The lowest BCUT2D eigenvalue weighted by molar-refractivity contribution is 0.0259. The van der Waals surface area contributed by atoms with Gasteiger partial charge in [0.1, 0.15) is 12.8 Å². The maximum Gasteiger partial charge on any atom is 0.121 e. The molecular weight excluding hydrogens is 154 g/mol.